The summed E-state index contributed by atoms with van der Waals surface area (Å²) in [5.41, 5.74) is 0.0357. The van der Waals surface area contributed by atoms with Gasteiger partial charge in [-0.2, -0.15) is 0 Å². The number of aromatic nitrogens is 1. The fourth-order valence-electron chi connectivity index (χ4n) is 1.22. The second-order valence-corrected chi connectivity index (χ2v) is 4.74. The second-order valence-electron chi connectivity index (χ2n) is 3.22. The highest BCUT2D eigenvalue weighted by atomic mass is 35.5. The molecule has 0 atom stereocenters. The Morgan fingerprint density at radius 1 is 1.24 bits per heavy atom. The van der Waals surface area contributed by atoms with E-state index in [1.807, 2.05) is 24.3 Å². The van der Waals surface area contributed by atoms with Crippen LogP contribution in [0.4, 0.5) is 0 Å². The summed E-state index contributed by atoms with van der Waals surface area (Å²) in [5, 5.41) is 9.39. The summed E-state index contributed by atoms with van der Waals surface area (Å²) in [6.45, 7) is 0. The van der Waals surface area contributed by atoms with Crippen molar-refractivity contribution in [3.63, 3.8) is 0 Å². The summed E-state index contributed by atoms with van der Waals surface area (Å²) in [4.78, 5) is 16.2. The molecule has 0 bridgehead atoms. The van der Waals surface area contributed by atoms with Gasteiger partial charge in [-0.25, -0.2) is 9.78 Å². The van der Waals surface area contributed by atoms with Crippen molar-refractivity contribution in [1.82, 2.24) is 4.98 Å². The lowest BCUT2D eigenvalue weighted by atomic mass is 10.3. The summed E-state index contributed by atoms with van der Waals surface area (Å²) in [7, 11) is 0. The van der Waals surface area contributed by atoms with E-state index in [4.69, 9.17) is 16.7 Å². The predicted octanol–water partition coefficient (Wildman–Crippen LogP) is 3.58. The average molecular weight is 266 g/mol. The molecule has 1 aromatic heterocycles. The van der Waals surface area contributed by atoms with E-state index >= 15 is 0 Å². The maximum atomic E-state index is 10.6. The van der Waals surface area contributed by atoms with E-state index in [0.717, 1.165) is 9.79 Å². The van der Waals surface area contributed by atoms with Crippen LogP contribution < -0.4 is 0 Å². The molecule has 0 radical (unpaired) electrons. The zero-order valence-electron chi connectivity index (χ0n) is 8.63. The van der Waals surface area contributed by atoms with Gasteiger partial charge in [0, 0.05) is 16.0 Å². The van der Waals surface area contributed by atoms with Gasteiger partial charge in [-0.3, -0.25) is 0 Å². The highest BCUT2D eigenvalue weighted by Gasteiger charge is 2.05. The summed E-state index contributed by atoms with van der Waals surface area (Å²) in [5.74, 6) is -1.03. The van der Waals surface area contributed by atoms with Crippen LogP contribution in [0.1, 0.15) is 10.5 Å². The summed E-state index contributed by atoms with van der Waals surface area (Å²) in [6.07, 6.45) is 1.53. The lowest BCUT2D eigenvalue weighted by molar-refractivity contribution is 0.0690. The third kappa shape index (κ3) is 2.99. The van der Waals surface area contributed by atoms with E-state index in [9.17, 15) is 4.79 Å². The van der Waals surface area contributed by atoms with Gasteiger partial charge in [-0.05, 0) is 24.3 Å². The van der Waals surface area contributed by atoms with Crippen molar-refractivity contribution in [2.75, 3.05) is 0 Å². The van der Waals surface area contributed by atoms with Crippen molar-refractivity contribution >= 4 is 29.3 Å². The first-order valence-corrected chi connectivity index (χ1v) is 5.98. The first-order valence-electron chi connectivity index (χ1n) is 4.78. The SMILES string of the molecule is O=C(O)c1ccc(Sc2ccccc2Cl)cn1. The van der Waals surface area contributed by atoms with E-state index in [-0.39, 0.29) is 5.69 Å². The second kappa shape index (κ2) is 5.21. The molecule has 17 heavy (non-hydrogen) atoms. The van der Waals surface area contributed by atoms with Gasteiger partial charge in [-0.1, -0.05) is 35.5 Å². The fraction of sp³-hybridized carbons (Fsp3) is 0. The van der Waals surface area contributed by atoms with Crippen molar-refractivity contribution in [1.29, 1.82) is 0 Å². The number of halogens is 1. The molecule has 0 saturated heterocycles. The molecule has 0 aliphatic carbocycles. The Labute approximate surface area is 107 Å². The first kappa shape index (κ1) is 12.0. The number of nitrogens with zero attached hydrogens (tertiary/aromatic N) is 1. The lowest BCUT2D eigenvalue weighted by Crippen LogP contribution is -1.98. The third-order valence-corrected chi connectivity index (χ3v) is 3.51. The molecule has 0 aliphatic heterocycles. The van der Waals surface area contributed by atoms with Crippen molar-refractivity contribution in [2.24, 2.45) is 0 Å². The van der Waals surface area contributed by atoms with Crippen molar-refractivity contribution in [2.45, 2.75) is 9.79 Å². The zero-order valence-corrected chi connectivity index (χ0v) is 10.2. The third-order valence-electron chi connectivity index (χ3n) is 2.02. The number of carbonyl (C=O) groups is 1. The van der Waals surface area contributed by atoms with E-state index in [1.54, 1.807) is 6.07 Å². The number of rotatable bonds is 3. The number of carboxylic acid groups (broad SMARTS) is 1. The van der Waals surface area contributed by atoms with Crippen LogP contribution in [0.3, 0.4) is 0 Å². The van der Waals surface area contributed by atoms with E-state index < -0.39 is 5.97 Å². The number of benzene rings is 1. The molecule has 2 rings (SSSR count). The van der Waals surface area contributed by atoms with E-state index in [2.05, 4.69) is 4.98 Å². The quantitative estimate of drug-likeness (QED) is 0.921. The van der Waals surface area contributed by atoms with Gasteiger partial charge in [0.15, 0.2) is 0 Å². The number of carboxylic acids is 1. The molecule has 1 N–H and O–H groups in total. The monoisotopic (exact) mass is 265 g/mol. The summed E-state index contributed by atoms with van der Waals surface area (Å²) >= 11 is 7.47. The molecule has 0 amide bonds. The topological polar surface area (TPSA) is 50.2 Å². The lowest BCUT2D eigenvalue weighted by Gasteiger charge is -2.03. The Morgan fingerprint density at radius 3 is 2.59 bits per heavy atom. The maximum absolute atomic E-state index is 10.6. The highest BCUT2D eigenvalue weighted by Crippen LogP contribution is 2.32. The van der Waals surface area contributed by atoms with Crippen LogP contribution in [-0.2, 0) is 0 Å². The van der Waals surface area contributed by atoms with Crippen LogP contribution in [0, 0.1) is 0 Å². The zero-order chi connectivity index (χ0) is 12.3. The number of hydrogen-bond donors (Lipinski definition) is 1. The minimum Gasteiger partial charge on any atom is -0.477 e. The molecule has 1 aromatic carbocycles. The Bertz CT molecular complexity index is 542. The van der Waals surface area contributed by atoms with E-state index in [0.29, 0.717) is 5.02 Å². The van der Waals surface area contributed by atoms with Gasteiger partial charge in [0.25, 0.3) is 0 Å². The average Bonchev–Trinajstić information content (AvgIpc) is 2.33. The minimum absolute atomic E-state index is 0.0357. The van der Waals surface area contributed by atoms with Gasteiger partial charge in [0.2, 0.25) is 0 Å². The van der Waals surface area contributed by atoms with E-state index in [1.165, 1.54) is 24.0 Å². The van der Waals surface area contributed by atoms with Gasteiger partial charge in [0.05, 0.1) is 5.02 Å². The normalized spacial score (nSPS) is 10.2. The molecule has 0 aliphatic rings. The van der Waals surface area contributed by atoms with Gasteiger partial charge < -0.3 is 5.11 Å². The fourth-order valence-corrected chi connectivity index (χ4v) is 2.28. The Kier molecular flexibility index (Phi) is 3.66. The molecule has 0 spiro atoms. The van der Waals surface area contributed by atoms with Crippen molar-refractivity contribution in [3.05, 3.63) is 53.3 Å². The summed E-state index contributed by atoms with van der Waals surface area (Å²) < 4.78 is 0. The Hall–Kier alpha value is -1.52. The molecule has 0 fully saturated rings. The molecule has 2 aromatic rings. The Morgan fingerprint density at radius 2 is 2.00 bits per heavy atom. The van der Waals surface area contributed by atoms with Crippen LogP contribution >= 0.6 is 23.4 Å². The van der Waals surface area contributed by atoms with Crippen LogP contribution in [-0.4, -0.2) is 16.1 Å². The molecular weight excluding hydrogens is 258 g/mol. The molecular formula is C12H8ClNO2S. The van der Waals surface area contributed by atoms with Gasteiger partial charge in [0.1, 0.15) is 5.69 Å². The molecule has 3 nitrogen and oxygen atoms in total. The number of pyridine rings is 1. The molecule has 86 valence electrons. The largest absolute Gasteiger partial charge is 0.477 e. The Balaban J connectivity index is 2.20. The van der Waals surface area contributed by atoms with Crippen LogP contribution in [0.2, 0.25) is 5.02 Å². The van der Waals surface area contributed by atoms with Crippen molar-refractivity contribution < 1.29 is 9.90 Å². The summed E-state index contributed by atoms with van der Waals surface area (Å²) in [6, 6.07) is 10.7. The number of aromatic carboxylic acids is 1. The first-order chi connectivity index (χ1) is 8.16. The minimum atomic E-state index is -1.03. The maximum Gasteiger partial charge on any atom is 0.354 e. The number of hydrogen-bond acceptors (Lipinski definition) is 3. The predicted molar refractivity (Wildman–Crippen MR) is 66.8 cm³/mol. The smallest absolute Gasteiger partial charge is 0.354 e. The molecule has 1 heterocycles. The molecule has 5 heteroatoms. The highest BCUT2D eigenvalue weighted by molar-refractivity contribution is 7.99. The van der Waals surface area contributed by atoms with Gasteiger partial charge in [-0.15, -0.1) is 0 Å². The van der Waals surface area contributed by atoms with Crippen LogP contribution in [0.25, 0.3) is 0 Å². The molecule has 0 saturated carbocycles. The van der Waals surface area contributed by atoms with Crippen LogP contribution in [0.15, 0.2) is 52.4 Å². The van der Waals surface area contributed by atoms with Crippen LogP contribution in [0.5, 0.6) is 0 Å². The van der Waals surface area contributed by atoms with Crippen molar-refractivity contribution in [3.8, 4) is 0 Å². The molecule has 0 unspecified atom stereocenters. The van der Waals surface area contributed by atoms with Gasteiger partial charge >= 0.3 is 5.97 Å². The standard InChI is InChI=1S/C12H8ClNO2S/c13-9-3-1-2-4-11(9)17-8-5-6-10(12(15)16)14-7-8/h1-7H,(H,15,16).